The molecular formula is C21H17NO6S. The number of ketones is 1. The first-order chi connectivity index (χ1) is 13.7. The summed E-state index contributed by atoms with van der Waals surface area (Å²) < 4.78 is 27.1. The molecule has 0 aliphatic heterocycles. The summed E-state index contributed by atoms with van der Waals surface area (Å²) in [7, 11) is -3.93. The molecule has 0 atom stereocenters. The van der Waals surface area contributed by atoms with Gasteiger partial charge < -0.3 is 4.18 Å². The van der Waals surface area contributed by atoms with Gasteiger partial charge in [0.05, 0.1) is 11.2 Å². The van der Waals surface area contributed by atoms with Crippen LogP contribution in [0, 0.1) is 10.1 Å². The highest BCUT2D eigenvalue weighted by molar-refractivity contribution is 7.86. The first kappa shape index (κ1) is 20.2. The summed E-state index contributed by atoms with van der Waals surface area (Å²) in [4.78, 5) is 23.0. The highest BCUT2D eigenvalue weighted by Gasteiger charge is 2.21. The molecule has 0 N–H and O–H groups in total. The normalized spacial score (nSPS) is 11.1. The van der Waals surface area contributed by atoms with Crippen molar-refractivity contribution >= 4 is 21.6 Å². The van der Waals surface area contributed by atoms with Crippen molar-refractivity contribution in [1.82, 2.24) is 0 Å². The lowest BCUT2D eigenvalue weighted by Crippen LogP contribution is -2.09. The van der Waals surface area contributed by atoms with Crippen molar-refractivity contribution < 1.29 is 22.3 Å². The predicted octanol–water partition coefficient (Wildman–Crippen LogP) is 4.03. The van der Waals surface area contributed by atoms with Gasteiger partial charge in [-0.25, -0.2) is 0 Å². The second-order valence-electron chi connectivity index (χ2n) is 6.39. The van der Waals surface area contributed by atoms with Gasteiger partial charge >= 0.3 is 15.8 Å². The third kappa shape index (κ3) is 5.26. The van der Waals surface area contributed by atoms with Crippen molar-refractivity contribution in [1.29, 1.82) is 0 Å². The van der Waals surface area contributed by atoms with Crippen LogP contribution in [0.2, 0.25) is 0 Å². The maximum atomic E-state index is 12.6. The van der Waals surface area contributed by atoms with Gasteiger partial charge in [-0.15, -0.1) is 0 Å². The molecule has 0 aliphatic rings. The Morgan fingerprint density at radius 1 is 0.966 bits per heavy atom. The van der Waals surface area contributed by atoms with Gasteiger partial charge in [-0.1, -0.05) is 54.6 Å². The molecule has 8 heteroatoms. The molecule has 0 amide bonds. The molecule has 0 spiro atoms. The number of nitrogens with zero attached hydrogens (tertiary/aromatic N) is 1. The molecule has 0 saturated heterocycles. The molecule has 0 aromatic heterocycles. The largest absolute Gasteiger partial charge is 0.375 e. The molecule has 0 radical (unpaired) electrons. The Kier molecular flexibility index (Phi) is 5.74. The summed E-state index contributed by atoms with van der Waals surface area (Å²) in [5.41, 5.74) is 2.35. The van der Waals surface area contributed by atoms with Gasteiger partial charge in [-0.2, -0.15) is 8.42 Å². The van der Waals surface area contributed by atoms with E-state index in [1.807, 2.05) is 54.6 Å². The van der Waals surface area contributed by atoms with Gasteiger partial charge in [-0.3, -0.25) is 14.9 Å². The second kappa shape index (κ2) is 8.24. The van der Waals surface area contributed by atoms with E-state index in [9.17, 15) is 23.3 Å². The van der Waals surface area contributed by atoms with Crippen LogP contribution in [-0.4, -0.2) is 25.4 Å². The monoisotopic (exact) mass is 411 g/mol. The van der Waals surface area contributed by atoms with E-state index >= 15 is 0 Å². The molecule has 3 aromatic carbocycles. The molecule has 0 aliphatic carbocycles. The fraction of sp³-hybridized carbons (Fsp3) is 0.0952. The summed E-state index contributed by atoms with van der Waals surface area (Å²) in [6, 6.07) is 20.7. The Morgan fingerprint density at radius 3 is 2.17 bits per heavy atom. The molecule has 0 unspecified atom stereocenters. The number of rotatable bonds is 7. The third-order valence-corrected chi connectivity index (χ3v) is 4.63. The lowest BCUT2D eigenvalue weighted by atomic mass is 9.99. The Balaban J connectivity index is 1.80. The summed E-state index contributed by atoms with van der Waals surface area (Å²) in [6.07, 6.45) is 0.841. The van der Waals surface area contributed by atoms with E-state index in [0.29, 0.717) is 0 Å². The van der Waals surface area contributed by atoms with Crippen molar-refractivity contribution in [3.8, 4) is 16.9 Å². The zero-order valence-electron chi connectivity index (χ0n) is 15.4. The number of carbonyl (C=O) groups excluding carboxylic acids is 1. The molecule has 3 aromatic rings. The number of benzene rings is 3. The van der Waals surface area contributed by atoms with Gasteiger partial charge in [0.15, 0.2) is 5.78 Å². The molecular weight excluding hydrogens is 394 g/mol. The van der Waals surface area contributed by atoms with E-state index in [0.717, 1.165) is 35.1 Å². The number of nitro groups is 1. The molecule has 29 heavy (non-hydrogen) atoms. The number of hydrogen-bond donors (Lipinski definition) is 0. The van der Waals surface area contributed by atoms with Crippen LogP contribution < -0.4 is 4.18 Å². The maximum absolute atomic E-state index is 12.6. The van der Waals surface area contributed by atoms with E-state index in [2.05, 4.69) is 4.18 Å². The zero-order chi connectivity index (χ0) is 21.0. The molecule has 0 heterocycles. The van der Waals surface area contributed by atoms with Crippen molar-refractivity contribution in [2.24, 2.45) is 0 Å². The number of carbonyl (C=O) groups is 1. The van der Waals surface area contributed by atoms with Gasteiger partial charge in [0.1, 0.15) is 0 Å². The quantitative estimate of drug-likeness (QED) is 0.252. The first-order valence-corrected chi connectivity index (χ1v) is 10.4. The Morgan fingerprint density at radius 2 is 1.59 bits per heavy atom. The van der Waals surface area contributed by atoms with E-state index in [4.69, 9.17) is 0 Å². The van der Waals surface area contributed by atoms with Gasteiger partial charge in [0.2, 0.25) is 5.75 Å². The Labute approximate surface area is 167 Å². The highest BCUT2D eigenvalue weighted by atomic mass is 32.2. The highest BCUT2D eigenvalue weighted by Crippen LogP contribution is 2.29. The predicted molar refractivity (Wildman–Crippen MR) is 108 cm³/mol. The van der Waals surface area contributed by atoms with E-state index in [1.54, 1.807) is 0 Å². The average Bonchev–Trinajstić information content (AvgIpc) is 2.68. The average molecular weight is 411 g/mol. The van der Waals surface area contributed by atoms with Crippen LogP contribution in [0.4, 0.5) is 5.69 Å². The van der Waals surface area contributed by atoms with Crippen molar-refractivity contribution in [3.05, 3.63) is 94.0 Å². The van der Waals surface area contributed by atoms with Crippen LogP contribution in [0.15, 0.2) is 72.8 Å². The van der Waals surface area contributed by atoms with Crippen LogP contribution in [0.1, 0.15) is 15.9 Å². The van der Waals surface area contributed by atoms with Crippen LogP contribution in [0.3, 0.4) is 0 Å². The third-order valence-electron chi connectivity index (χ3n) is 4.14. The van der Waals surface area contributed by atoms with Crippen molar-refractivity contribution in [3.63, 3.8) is 0 Å². The van der Waals surface area contributed by atoms with Crippen LogP contribution >= 0.6 is 0 Å². The van der Waals surface area contributed by atoms with E-state index in [-0.39, 0.29) is 17.8 Å². The molecule has 0 saturated carbocycles. The minimum absolute atomic E-state index is 0.0541. The van der Waals surface area contributed by atoms with E-state index in [1.165, 1.54) is 6.07 Å². The SMILES string of the molecule is CS(=O)(=O)Oc1ccc(C(=O)Cc2ccc(-c3ccccc3)cc2)cc1[N+](=O)[O-]. The topological polar surface area (TPSA) is 104 Å². The van der Waals surface area contributed by atoms with Crippen LogP contribution in [0.5, 0.6) is 5.75 Å². The molecule has 3 rings (SSSR count). The molecule has 0 bridgehead atoms. The second-order valence-corrected chi connectivity index (χ2v) is 7.96. The van der Waals surface area contributed by atoms with Crippen LogP contribution in [0.25, 0.3) is 11.1 Å². The number of nitro benzene ring substituents is 1. The lowest BCUT2D eigenvalue weighted by Gasteiger charge is -2.07. The Bertz CT molecular complexity index is 1160. The summed E-state index contributed by atoms with van der Waals surface area (Å²) in [6.45, 7) is 0. The van der Waals surface area contributed by atoms with Gasteiger partial charge in [-0.05, 0) is 28.8 Å². The number of hydrogen-bond acceptors (Lipinski definition) is 6. The molecule has 7 nitrogen and oxygen atoms in total. The van der Waals surface area contributed by atoms with Crippen LogP contribution in [-0.2, 0) is 16.5 Å². The summed E-state index contributed by atoms with van der Waals surface area (Å²) >= 11 is 0. The van der Waals surface area contributed by atoms with E-state index < -0.39 is 26.5 Å². The maximum Gasteiger partial charge on any atom is 0.313 e. The molecule has 148 valence electrons. The zero-order valence-corrected chi connectivity index (χ0v) is 16.3. The fourth-order valence-electron chi connectivity index (χ4n) is 2.80. The minimum Gasteiger partial charge on any atom is -0.375 e. The van der Waals surface area contributed by atoms with Crippen molar-refractivity contribution in [2.75, 3.05) is 6.26 Å². The summed E-state index contributed by atoms with van der Waals surface area (Å²) in [5.74, 6) is -0.757. The van der Waals surface area contributed by atoms with Gasteiger partial charge in [0.25, 0.3) is 0 Å². The molecule has 0 fully saturated rings. The standard InChI is InChI=1S/C21H17NO6S/c1-29(26,27)28-21-12-11-18(14-19(21)22(24)25)20(23)13-15-7-9-17(10-8-15)16-5-3-2-4-6-16/h2-12,14H,13H2,1H3. The Hall–Kier alpha value is -3.52. The minimum atomic E-state index is -3.93. The van der Waals surface area contributed by atoms with Gasteiger partial charge in [0, 0.05) is 18.1 Å². The first-order valence-electron chi connectivity index (χ1n) is 8.58. The lowest BCUT2D eigenvalue weighted by molar-refractivity contribution is -0.385. The fourth-order valence-corrected chi connectivity index (χ4v) is 3.27. The smallest absolute Gasteiger partial charge is 0.313 e. The van der Waals surface area contributed by atoms with Crippen molar-refractivity contribution in [2.45, 2.75) is 6.42 Å². The summed E-state index contributed by atoms with van der Waals surface area (Å²) in [5, 5.41) is 11.2. The number of Topliss-reactive ketones (excluding diaryl/α,β-unsaturated/α-hetero) is 1.